The lowest BCUT2D eigenvalue weighted by molar-refractivity contribution is -0.385. The van der Waals surface area contributed by atoms with Crippen molar-refractivity contribution in [1.82, 2.24) is 0 Å². The second-order valence-electron chi connectivity index (χ2n) is 6.98. The first kappa shape index (κ1) is 22.7. The second-order valence-corrected chi connectivity index (χ2v) is 6.98. The van der Waals surface area contributed by atoms with Crippen LogP contribution in [0.25, 0.3) is 0 Å². The van der Waals surface area contributed by atoms with E-state index >= 15 is 0 Å². The summed E-state index contributed by atoms with van der Waals surface area (Å²) < 4.78 is 4.92. The van der Waals surface area contributed by atoms with E-state index < -0.39 is 21.2 Å². The molecule has 0 saturated heterocycles. The van der Waals surface area contributed by atoms with E-state index in [9.17, 15) is 29.8 Å². The number of esters is 1. The van der Waals surface area contributed by atoms with Gasteiger partial charge in [-0.1, -0.05) is 24.3 Å². The first-order valence-corrected chi connectivity index (χ1v) is 9.26. The van der Waals surface area contributed by atoms with Gasteiger partial charge in [0.15, 0.2) is 0 Å². The number of hydrogen-bond donors (Lipinski definition) is 0. The molecule has 0 spiro atoms. The van der Waals surface area contributed by atoms with E-state index in [1.54, 1.807) is 24.3 Å². The van der Waals surface area contributed by atoms with Crippen LogP contribution in [0.1, 0.15) is 30.9 Å². The molecular weight excluding hydrogens is 392 g/mol. The van der Waals surface area contributed by atoms with Gasteiger partial charge in [-0.15, -0.1) is 0 Å². The van der Waals surface area contributed by atoms with Gasteiger partial charge in [-0.2, -0.15) is 0 Å². The molecule has 2 aromatic carbocycles. The SMILES string of the molecule is COC(=O)C(CCc1ccc([N+](=O)[O-])cc1)(CCc1ccc([N+](=O)[O-])cc1)C(C)=O. The Kier molecular flexibility index (Phi) is 7.35. The van der Waals surface area contributed by atoms with Gasteiger partial charge < -0.3 is 4.74 Å². The fourth-order valence-electron chi connectivity index (χ4n) is 3.30. The highest BCUT2D eigenvalue weighted by molar-refractivity contribution is 6.02. The number of nitrogens with zero attached hydrogens (tertiary/aromatic N) is 2. The van der Waals surface area contributed by atoms with Crippen LogP contribution in [0.2, 0.25) is 0 Å². The first-order chi connectivity index (χ1) is 14.2. The fourth-order valence-corrected chi connectivity index (χ4v) is 3.30. The molecule has 0 unspecified atom stereocenters. The smallest absolute Gasteiger partial charge is 0.319 e. The Morgan fingerprint density at radius 3 is 1.47 bits per heavy atom. The van der Waals surface area contributed by atoms with E-state index in [2.05, 4.69) is 0 Å². The zero-order valence-electron chi connectivity index (χ0n) is 16.7. The molecule has 0 aliphatic heterocycles. The first-order valence-electron chi connectivity index (χ1n) is 9.26. The number of ketones is 1. The minimum absolute atomic E-state index is 0.0391. The average Bonchev–Trinajstić information content (AvgIpc) is 2.73. The molecule has 0 bridgehead atoms. The topological polar surface area (TPSA) is 130 Å². The standard InChI is InChI=1S/C21H22N2O7/c1-15(24)21(20(25)30-2,13-11-16-3-7-18(8-4-16)22(26)27)14-12-17-5-9-19(10-6-17)23(28)29/h3-10H,11-14H2,1-2H3. The Labute approximate surface area is 173 Å². The lowest BCUT2D eigenvalue weighted by Gasteiger charge is -2.28. The van der Waals surface area contributed by atoms with Crippen molar-refractivity contribution in [2.75, 3.05) is 7.11 Å². The predicted octanol–water partition coefficient (Wildman–Crippen LogP) is 3.82. The molecule has 158 valence electrons. The van der Waals surface area contributed by atoms with E-state index in [0.29, 0.717) is 12.8 Å². The molecule has 9 nitrogen and oxygen atoms in total. The fraction of sp³-hybridized carbons (Fsp3) is 0.333. The van der Waals surface area contributed by atoms with Gasteiger partial charge in [0.05, 0.1) is 17.0 Å². The molecule has 0 atom stereocenters. The quantitative estimate of drug-likeness (QED) is 0.250. The van der Waals surface area contributed by atoms with Crippen molar-refractivity contribution >= 4 is 23.1 Å². The highest BCUT2D eigenvalue weighted by Crippen LogP contribution is 2.33. The number of ether oxygens (including phenoxy) is 1. The van der Waals surface area contributed by atoms with E-state index in [-0.39, 0.29) is 30.0 Å². The zero-order chi connectivity index (χ0) is 22.3. The highest BCUT2D eigenvalue weighted by atomic mass is 16.6. The highest BCUT2D eigenvalue weighted by Gasteiger charge is 2.43. The van der Waals surface area contributed by atoms with Crippen LogP contribution in [0.5, 0.6) is 0 Å². The van der Waals surface area contributed by atoms with Crippen LogP contribution in [-0.2, 0) is 27.2 Å². The van der Waals surface area contributed by atoms with Crippen molar-refractivity contribution in [3.05, 3.63) is 79.9 Å². The van der Waals surface area contributed by atoms with Crippen LogP contribution in [-0.4, -0.2) is 28.7 Å². The predicted molar refractivity (Wildman–Crippen MR) is 108 cm³/mol. The molecule has 0 amide bonds. The summed E-state index contributed by atoms with van der Waals surface area (Å²) in [5.41, 5.74) is 0.0551. The third-order valence-electron chi connectivity index (χ3n) is 5.23. The molecular formula is C21H22N2O7. The van der Waals surface area contributed by atoms with Gasteiger partial charge in [-0.25, -0.2) is 0 Å². The summed E-state index contributed by atoms with van der Waals surface area (Å²) in [5.74, 6) is -0.975. The number of Topliss-reactive ketones (excluding diaryl/α,β-unsaturated/α-hetero) is 1. The number of benzene rings is 2. The summed E-state index contributed by atoms with van der Waals surface area (Å²) in [6.07, 6.45) is 1.07. The van der Waals surface area contributed by atoms with Crippen molar-refractivity contribution in [3.8, 4) is 0 Å². The van der Waals surface area contributed by atoms with Crippen LogP contribution in [0.3, 0.4) is 0 Å². The molecule has 2 rings (SSSR count). The minimum atomic E-state index is -1.38. The Hall–Kier alpha value is -3.62. The third-order valence-corrected chi connectivity index (χ3v) is 5.23. The van der Waals surface area contributed by atoms with Crippen LogP contribution in [0.15, 0.2) is 48.5 Å². The molecule has 0 radical (unpaired) electrons. The van der Waals surface area contributed by atoms with Crippen LogP contribution in [0, 0.1) is 25.6 Å². The maximum absolute atomic E-state index is 12.6. The van der Waals surface area contributed by atoms with Crippen molar-refractivity contribution in [2.24, 2.45) is 5.41 Å². The van der Waals surface area contributed by atoms with E-state index in [1.165, 1.54) is 38.3 Å². The average molecular weight is 414 g/mol. The van der Waals surface area contributed by atoms with E-state index in [4.69, 9.17) is 4.74 Å². The van der Waals surface area contributed by atoms with Crippen molar-refractivity contribution in [3.63, 3.8) is 0 Å². The number of non-ortho nitro benzene ring substituents is 2. The van der Waals surface area contributed by atoms with Gasteiger partial charge >= 0.3 is 5.97 Å². The van der Waals surface area contributed by atoms with Crippen LogP contribution in [0.4, 0.5) is 11.4 Å². The van der Waals surface area contributed by atoms with Crippen LogP contribution >= 0.6 is 0 Å². The molecule has 9 heteroatoms. The largest absolute Gasteiger partial charge is 0.468 e. The van der Waals surface area contributed by atoms with Crippen molar-refractivity contribution in [2.45, 2.75) is 32.6 Å². The van der Waals surface area contributed by atoms with Crippen LogP contribution < -0.4 is 0 Å². The van der Waals surface area contributed by atoms with Gasteiger partial charge in [0.25, 0.3) is 11.4 Å². The number of carbonyl (C=O) groups is 2. The van der Waals surface area contributed by atoms with Gasteiger partial charge in [-0.3, -0.25) is 29.8 Å². The number of carbonyl (C=O) groups excluding carboxylic acids is 2. The number of methoxy groups -OCH3 is 1. The van der Waals surface area contributed by atoms with Gasteiger partial charge in [0, 0.05) is 24.3 Å². The molecule has 0 N–H and O–H groups in total. The number of rotatable bonds is 10. The zero-order valence-corrected chi connectivity index (χ0v) is 16.7. The molecule has 0 aromatic heterocycles. The minimum Gasteiger partial charge on any atom is -0.468 e. The molecule has 0 aliphatic rings. The van der Waals surface area contributed by atoms with Gasteiger partial charge in [0.2, 0.25) is 0 Å². The normalized spacial score (nSPS) is 11.0. The maximum atomic E-state index is 12.6. The Morgan fingerprint density at radius 2 is 1.20 bits per heavy atom. The summed E-state index contributed by atoms with van der Waals surface area (Å²) in [5, 5.41) is 21.6. The second kappa shape index (κ2) is 9.73. The summed E-state index contributed by atoms with van der Waals surface area (Å²) in [6.45, 7) is 1.34. The number of nitro benzene ring substituents is 2. The van der Waals surface area contributed by atoms with Crippen molar-refractivity contribution in [1.29, 1.82) is 0 Å². The molecule has 30 heavy (non-hydrogen) atoms. The van der Waals surface area contributed by atoms with Gasteiger partial charge in [-0.05, 0) is 43.7 Å². The molecule has 0 fully saturated rings. The number of nitro groups is 2. The lowest BCUT2D eigenvalue weighted by Crippen LogP contribution is -2.40. The summed E-state index contributed by atoms with van der Waals surface area (Å²) in [4.78, 5) is 45.7. The molecule has 0 heterocycles. The van der Waals surface area contributed by atoms with Gasteiger partial charge in [0.1, 0.15) is 11.2 Å². The molecule has 2 aromatic rings. The summed E-state index contributed by atoms with van der Waals surface area (Å²) >= 11 is 0. The monoisotopic (exact) mass is 414 g/mol. The number of aryl methyl sites for hydroxylation is 2. The van der Waals surface area contributed by atoms with Crippen molar-refractivity contribution < 1.29 is 24.2 Å². The summed E-state index contributed by atoms with van der Waals surface area (Å²) in [7, 11) is 1.22. The molecule has 0 saturated carbocycles. The Bertz CT molecular complexity index is 875. The summed E-state index contributed by atoms with van der Waals surface area (Å²) in [6, 6.07) is 11.9. The number of hydrogen-bond acceptors (Lipinski definition) is 7. The Morgan fingerprint density at radius 1 is 0.833 bits per heavy atom. The van der Waals surface area contributed by atoms with E-state index in [0.717, 1.165) is 11.1 Å². The molecule has 0 aliphatic carbocycles. The lowest BCUT2D eigenvalue weighted by atomic mass is 9.74. The maximum Gasteiger partial charge on any atom is 0.319 e. The van der Waals surface area contributed by atoms with E-state index in [1.807, 2.05) is 0 Å². The third kappa shape index (κ3) is 5.25. The Balaban J connectivity index is 2.19.